The number of alkyl halides is 6. The van der Waals surface area contributed by atoms with Crippen LogP contribution in [-0.2, 0) is 12.4 Å². The lowest BCUT2D eigenvalue weighted by Crippen LogP contribution is -2.12. The molecule has 0 bridgehead atoms. The molecular weight excluding hydrogens is 790 g/mol. The first kappa shape index (κ1) is 34.2. The number of rotatable bonds is 4. The molecule has 0 fully saturated rings. The van der Waals surface area contributed by atoms with Crippen molar-refractivity contribution in [2.45, 2.75) is 12.4 Å². The summed E-state index contributed by atoms with van der Waals surface area (Å²) in [4.78, 5) is 2.08. The summed E-state index contributed by atoms with van der Waals surface area (Å²) in [5, 5.41) is 5.50. The van der Waals surface area contributed by atoms with Gasteiger partial charge in [0.2, 0.25) is 0 Å². The van der Waals surface area contributed by atoms with E-state index in [1.807, 2.05) is 103 Å². The number of anilines is 3. The van der Waals surface area contributed by atoms with E-state index in [9.17, 15) is 26.3 Å². The SMILES string of the molecule is FC(F)(F)c1ccc2c(c1)c1cc(C(F)(F)F)ccc1n2-c1c(Br)c(N(c2ccc3ccccc3c2)c2ccc3ccccc3c2)cc2oc3ccccc3c12. The second kappa shape index (κ2) is 12.4. The Bertz CT molecular complexity index is 3060. The van der Waals surface area contributed by atoms with Crippen LogP contribution in [0.3, 0.4) is 0 Å². The van der Waals surface area contributed by atoms with Crippen LogP contribution in [0.4, 0.5) is 43.4 Å². The maximum atomic E-state index is 14.2. The minimum absolute atomic E-state index is 0.0279. The molecule has 2 aromatic heterocycles. The number of aromatic nitrogens is 1. The molecule has 0 aliphatic rings. The van der Waals surface area contributed by atoms with Crippen molar-refractivity contribution in [2.24, 2.45) is 0 Å². The Morgan fingerprint density at radius 1 is 0.482 bits per heavy atom. The van der Waals surface area contributed by atoms with Gasteiger partial charge in [0, 0.05) is 33.6 Å². The van der Waals surface area contributed by atoms with Gasteiger partial charge in [-0.3, -0.25) is 0 Å². The lowest BCUT2D eigenvalue weighted by Gasteiger charge is -2.28. The Kier molecular flexibility index (Phi) is 7.57. The third-order valence-electron chi connectivity index (χ3n) is 10.4. The summed E-state index contributed by atoms with van der Waals surface area (Å²) in [7, 11) is 0. The van der Waals surface area contributed by atoms with E-state index >= 15 is 0 Å². The summed E-state index contributed by atoms with van der Waals surface area (Å²) in [5.74, 6) is 0. The summed E-state index contributed by atoms with van der Waals surface area (Å²) in [6.45, 7) is 0. The number of para-hydroxylation sites is 1. The lowest BCUT2D eigenvalue weighted by atomic mass is 10.0. The van der Waals surface area contributed by atoms with Crippen molar-refractivity contribution in [3.8, 4) is 5.69 Å². The molecule has 0 aliphatic carbocycles. The Morgan fingerprint density at radius 3 is 1.52 bits per heavy atom. The van der Waals surface area contributed by atoms with Crippen LogP contribution in [0.2, 0.25) is 0 Å². The summed E-state index contributed by atoms with van der Waals surface area (Å²) < 4.78 is 93.8. The highest BCUT2D eigenvalue weighted by Crippen LogP contribution is 2.50. The standard InChI is InChI=1S/C46H25BrF6N2O/c47-43-39(54(32-17-13-26-7-1-3-9-28(26)21-32)33-18-14-27-8-2-4-10-29(27)22-33)25-41-42(34-11-5-6-12-40(34)56-41)44(43)55-37-19-15-30(45(48,49)50)23-35(37)36-24-31(46(51,52)53)16-20-38(36)55/h1-25H. The van der Waals surface area contributed by atoms with Gasteiger partial charge in [0.05, 0.1) is 43.4 Å². The molecule has 8 aromatic carbocycles. The van der Waals surface area contributed by atoms with Crippen LogP contribution < -0.4 is 4.90 Å². The molecule has 0 saturated carbocycles. The zero-order valence-corrected chi connectivity index (χ0v) is 30.5. The number of fused-ring (bicyclic) bond motifs is 8. The van der Waals surface area contributed by atoms with Crippen LogP contribution in [0.1, 0.15) is 11.1 Å². The van der Waals surface area contributed by atoms with Crippen molar-refractivity contribution in [3.05, 3.63) is 167 Å². The molecule has 0 aliphatic heterocycles. The summed E-state index contributed by atoms with van der Waals surface area (Å²) >= 11 is 3.99. The molecule has 0 saturated heterocycles. The van der Waals surface area contributed by atoms with Crippen LogP contribution in [0.15, 0.2) is 161 Å². The van der Waals surface area contributed by atoms with E-state index in [0.29, 0.717) is 43.4 Å². The van der Waals surface area contributed by atoms with Gasteiger partial charge >= 0.3 is 12.4 Å². The molecule has 0 radical (unpaired) electrons. The van der Waals surface area contributed by atoms with Gasteiger partial charge < -0.3 is 13.9 Å². The average Bonchev–Trinajstić information content (AvgIpc) is 3.72. The number of hydrogen-bond acceptors (Lipinski definition) is 2. The van der Waals surface area contributed by atoms with Gasteiger partial charge in [-0.1, -0.05) is 78.9 Å². The Hall–Kier alpha value is -6.26. The average molecular weight is 816 g/mol. The molecule has 274 valence electrons. The minimum Gasteiger partial charge on any atom is -0.456 e. The molecular formula is C46H25BrF6N2O. The van der Waals surface area contributed by atoms with Crippen molar-refractivity contribution in [3.63, 3.8) is 0 Å². The third-order valence-corrected chi connectivity index (χ3v) is 11.2. The van der Waals surface area contributed by atoms with Gasteiger partial charge in [0.15, 0.2) is 0 Å². The highest BCUT2D eigenvalue weighted by molar-refractivity contribution is 9.10. The second-order valence-electron chi connectivity index (χ2n) is 13.7. The number of nitrogens with zero attached hydrogens (tertiary/aromatic N) is 2. The van der Waals surface area contributed by atoms with Gasteiger partial charge in [-0.2, -0.15) is 26.3 Å². The molecule has 2 heterocycles. The molecule has 10 aromatic rings. The van der Waals surface area contributed by atoms with Crippen LogP contribution in [-0.4, -0.2) is 4.57 Å². The van der Waals surface area contributed by atoms with Gasteiger partial charge in [0.25, 0.3) is 0 Å². The molecule has 3 nitrogen and oxygen atoms in total. The van der Waals surface area contributed by atoms with Crippen molar-refractivity contribution < 1.29 is 30.8 Å². The number of halogens is 7. The summed E-state index contributed by atoms with van der Waals surface area (Å²) in [6, 6.07) is 44.0. The molecule has 0 unspecified atom stereocenters. The summed E-state index contributed by atoms with van der Waals surface area (Å²) in [6.07, 6.45) is -9.45. The predicted molar refractivity (Wildman–Crippen MR) is 215 cm³/mol. The van der Waals surface area contributed by atoms with E-state index in [2.05, 4.69) is 33.0 Å². The van der Waals surface area contributed by atoms with Crippen molar-refractivity contribution in [1.29, 1.82) is 0 Å². The molecule has 0 N–H and O–H groups in total. The minimum atomic E-state index is -4.72. The van der Waals surface area contributed by atoms with Crippen LogP contribution >= 0.6 is 15.9 Å². The van der Waals surface area contributed by atoms with Gasteiger partial charge in [-0.15, -0.1) is 0 Å². The van der Waals surface area contributed by atoms with Crippen molar-refractivity contribution >= 4 is 98.3 Å². The van der Waals surface area contributed by atoms with Crippen molar-refractivity contribution in [2.75, 3.05) is 4.90 Å². The number of hydrogen-bond donors (Lipinski definition) is 0. The van der Waals surface area contributed by atoms with E-state index in [1.165, 1.54) is 12.1 Å². The monoisotopic (exact) mass is 814 g/mol. The maximum absolute atomic E-state index is 14.2. The van der Waals surface area contributed by atoms with E-state index in [0.717, 1.165) is 62.6 Å². The topological polar surface area (TPSA) is 21.3 Å². The second-order valence-corrected chi connectivity index (χ2v) is 14.5. The first-order chi connectivity index (χ1) is 26.9. The molecule has 0 spiro atoms. The summed E-state index contributed by atoms with van der Waals surface area (Å²) in [5.41, 5.74) is 2.44. The highest BCUT2D eigenvalue weighted by atomic mass is 79.9. The van der Waals surface area contributed by atoms with Gasteiger partial charge in [0.1, 0.15) is 11.2 Å². The largest absolute Gasteiger partial charge is 0.456 e. The zero-order valence-electron chi connectivity index (χ0n) is 28.9. The predicted octanol–water partition coefficient (Wildman–Crippen LogP) is 15.3. The van der Waals surface area contributed by atoms with Crippen LogP contribution in [0.25, 0.3) is 71.0 Å². The molecule has 56 heavy (non-hydrogen) atoms. The quantitative estimate of drug-likeness (QED) is 0.165. The number of benzene rings is 8. The van der Waals surface area contributed by atoms with E-state index in [1.54, 1.807) is 4.57 Å². The smallest absolute Gasteiger partial charge is 0.416 e. The molecule has 0 amide bonds. The van der Waals surface area contributed by atoms with E-state index in [4.69, 9.17) is 4.42 Å². The Labute approximate surface area is 322 Å². The third kappa shape index (κ3) is 5.42. The fourth-order valence-corrected chi connectivity index (χ4v) is 8.54. The molecule has 10 rings (SSSR count). The highest BCUT2D eigenvalue weighted by Gasteiger charge is 2.34. The van der Waals surface area contributed by atoms with E-state index in [-0.39, 0.29) is 10.8 Å². The molecule has 0 atom stereocenters. The zero-order chi connectivity index (χ0) is 38.5. The first-order valence-corrected chi connectivity index (χ1v) is 18.4. The Morgan fingerprint density at radius 2 is 0.982 bits per heavy atom. The van der Waals surface area contributed by atoms with Crippen LogP contribution in [0.5, 0.6) is 0 Å². The van der Waals surface area contributed by atoms with E-state index < -0.39 is 23.5 Å². The Balaban J connectivity index is 1.35. The fraction of sp³-hybridized carbons (Fsp3) is 0.0435. The van der Waals surface area contributed by atoms with Crippen molar-refractivity contribution in [1.82, 2.24) is 4.57 Å². The first-order valence-electron chi connectivity index (χ1n) is 17.6. The van der Waals surface area contributed by atoms with Gasteiger partial charge in [-0.05, 0) is 104 Å². The van der Waals surface area contributed by atoms with Gasteiger partial charge in [-0.25, -0.2) is 0 Å². The lowest BCUT2D eigenvalue weighted by molar-refractivity contribution is -0.138. The van der Waals surface area contributed by atoms with Crippen LogP contribution in [0, 0.1) is 0 Å². The maximum Gasteiger partial charge on any atom is 0.416 e. The fourth-order valence-electron chi connectivity index (χ4n) is 7.88. The normalized spacial score (nSPS) is 12.6. The molecule has 10 heteroatoms. The number of furan rings is 1.